The number of H-pyrrole nitrogens is 1. The van der Waals surface area contributed by atoms with Crippen LogP contribution in [0.5, 0.6) is 5.75 Å². The van der Waals surface area contributed by atoms with Gasteiger partial charge in [0.2, 0.25) is 0 Å². The van der Waals surface area contributed by atoms with Crippen LogP contribution in [0.3, 0.4) is 0 Å². The van der Waals surface area contributed by atoms with Crippen molar-refractivity contribution in [2.75, 3.05) is 6.54 Å². The second-order valence-corrected chi connectivity index (χ2v) is 11.9. The Kier molecular flexibility index (Phi) is 8.65. The lowest BCUT2D eigenvalue weighted by Gasteiger charge is -2.34. The zero-order valence-corrected chi connectivity index (χ0v) is 25.1. The molecule has 0 bridgehead atoms. The van der Waals surface area contributed by atoms with Gasteiger partial charge in [0.05, 0.1) is 17.5 Å². The number of benzene rings is 3. The highest BCUT2D eigenvalue weighted by Gasteiger charge is 2.39. The van der Waals surface area contributed by atoms with Crippen LogP contribution in [0.25, 0.3) is 22.6 Å². The number of hydrogen-bond donors (Lipinski definition) is 1. The summed E-state index contributed by atoms with van der Waals surface area (Å²) in [6.07, 6.45) is 5.51. The standard InChI is InChI=1S/C35H44N3O2/c1-8-22-38(25-39,40-32-21-20-27(34(4,5)9-2)23-29(32)35(6,7)10-3)31-19-15-14-18-28(31)30-24-36-33(37-30)26-16-12-11-13-17-26/h11-21,23-25H,8-10,22H2,1-7H3,(H,36,37)/q+1. The molecule has 0 radical (unpaired) electrons. The fraction of sp³-hybridized carbons (Fsp3) is 0.371. The molecule has 0 fully saturated rings. The Morgan fingerprint density at radius 1 is 0.875 bits per heavy atom. The van der Waals surface area contributed by atoms with E-state index in [4.69, 9.17) is 4.84 Å². The fourth-order valence-corrected chi connectivity index (χ4v) is 5.04. The summed E-state index contributed by atoms with van der Waals surface area (Å²) in [5.74, 6) is 1.53. The van der Waals surface area contributed by atoms with E-state index in [0.29, 0.717) is 6.54 Å². The molecule has 0 saturated heterocycles. The van der Waals surface area contributed by atoms with Crippen LogP contribution in [0.4, 0.5) is 5.69 Å². The van der Waals surface area contributed by atoms with E-state index in [2.05, 4.69) is 76.6 Å². The molecule has 1 unspecified atom stereocenters. The number of hydrogen-bond acceptors (Lipinski definition) is 3. The number of nitrogens with one attached hydrogen (secondary N) is 1. The number of carbonyl (C=O) groups is 1. The minimum Gasteiger partial charge on any atom is -0.338 e. The molecule has 0 aliphatic rings. The minimum atomic E-state index is -0.268. The van der Waals surface area contributed by atoms with Gasteiger partial charge < -0.3 is 9.82 Å². The Morgan fingerprint density at radius 2 is 1.55 bits per heavy atom. The Morgan fingerprint density at radius 3 is 2.20 bits per heavy atom. The van der Waals surface area contributed by atoms with Gasteiger partial charge in [-0.25, -0.2) is 9.78 Å². The molecule has 0 aliphatic carbocycles. The highest BCUT2D eigenvalue weighted by molar-refractivity contribution is 5.82. The van der Waals surface area contributed by atoms with Crippen molar-refractivity contribution in [2.24, 2.45) is 0 Å². The largest absolute Gasteiger partial charge is 0.348 e. The molecule has 5 nitrogen and oxygen atoms in total. The van der Waals surface area contributed by atoms with Crippen molar-refractivity contribution in [2.45, 2.75) is 78.6 Å². The predicted molar refractivity (Wildman–Crippen MR) is 166 cm³/mol. The van der Waals surface area contributed by atoms with Crippen molar-refractivity contribution < 1.29 is 9.63 Å². The molecule has 0 spiro atoms. The van der Waals surface area contributed by atoms with Gasteiger partial charge in [0, 0.05) is 17.2 Å². The zero-order chi connectivity index (χ0) is 29.0. The average molecular weight is 539 g/mol. The van der Waals surface area contributed by atoms with Gasteiger partial charge in [0.15, 0.2) is 11.4 Å². The van der Waals surface area contributed by atoms with Gasteiger partial charge in [-0.05, 0) is 52.4 Å². The van der Waals surface area contributed by atoms with E-state index in [0.717, 1.165) is 65.3 Å². The van der Waals surface area contributed by atoms with Crippen molar-refractivity contribution in [3.63, 3.8) is 0 Å². The molecule has 1 heterocycles. The third-order valence-corrected chi connectivity index (χ3v) is 8.47. The van der Waals surface area contributed by atoms with Gasteiger partial charge in [-0.1, -0.05) is 103 Å². The van der Waals surface area contributed by atoms with Gasteiger partial charge in [-0.15, -0.1) is 0 Å². The highest BCUT2D eigenvalue weighted by atomic mass is 16.7. The van der Waals surface area contributed by atoms with Crippen LogP contribution in [-0.2, 0) is 15.6 Å². The molecule has 1 N–H and O–H groups in total. The summed E-state index contributed by atoms with van der Waals surface area (Å²) in [5, 5.41) is 0. The topological polar surface area (TPSA) is 55.0 Å². The molecule has 1 aromatic heterocycles. The molecule has 3 aromatic carbocycles. The summed E-state index contributed by atoms with van der Waals surface area (Å²) in [5.41, 5.74) is 5.83. The second kappa shape index (κ2) is 11.8. The number of aromatic amines is 1. The first-order chi connectivity index (χ1) is 19.1. The van der Waals surface area contributed by atoms with Gasteiger partial charge in [-0.2, -0.15) is 0 Å². The summed E-state index contributed by atoms with van der Waals surface area (Å²) in [7, 11) is 0. The maximum Gasteiger partial charge on any atom is 0.348 e. The van der Waals surface area contributed by atoms with Crippen LogP contribution < -0.4 is 9.48 Å². The minimum absolute atomic E-state index is 0.0425. The number of amides is 1. The van der Waals surface area contributed by atoms with Gasteiger partial charge in [-0.3, -0.25) is 0 Å². The number of nitrogens with zero attached hydrogens (tertiary/aromatic N) is 2. The van der Waals surface area contributed by atoms with Crippen LogP contribution in [0.15, 0.2) is 79.0 Å². The Labute approximate surface area is 239 Å². The summed E-state index contributed by atoms with van der Waals surface area (Å²) in [6.45, 7) is 16.0. The monoisotopic (exact) mass is 538 g/mol. The molecule has 4 rings (SSSR count). The van der Waals surface area contributed by atoms with E-state index in [-0.39, 0.29) is 15.5 Å². The average Bonchev–Trinajstić information content (AvgIpc) is 3.48. The van der Waals surface area contributed by atoms with Gasteiger partial charge in [0.1, 0.15) is 12.4 Å². The van der Waals surface area contributed by atoms with E-state index in [9.17, 15) is 4.79 Å². The SMILES string of the molecule is CCC[N+](C=O)(Oc1ccc(C(C)(C)CC)cc1C(C)(C)CC)c1ccccc1-c1cnc(-c2ccccc2)[nH]1. The lowest BCUT2D eigenvalue weighted by atomic mass is 9.76. The van der Waals surface area contributed by atoms with Crippen molar-refractivity contribution in [1.82, 2.24) is 14.6 Å². The Balaban J connectivity index is 1.85. The maximum atomic E-state index is 13.2. The van der Waals surface area contributed by atoms with Crippen molar-refractivity contribution >= 4 is 12.1 Å². The molecule has 40 heavy (non-hydrogen) atoms. The molecule has 1 amide bonds. The number of carbonyl (C=O) groups excluding carboxylic acids is 1. The van der Waals surface area contributed by atoms with Crippen molar-refractivity contribution in [3.05, 3.63) is 90.1 Å². The third-order valence-electron chi connectivity index (χ3n) is 8.47. The molecular weight excluding hydrogens is 494 g/mol. The second-order valence-electron chi connectivity index (χ2n) is 11.9. The molecule has 0 aliphatic heterocycles. The summed E-state index contributed by atoms with van der Waals surface area (Å²) < 4.78 is -0.268. The number of rotatable bonds is 12. The van der Waals surface area contributed by atoms with Crippen LogP contribution in [0, 0.1) is 0 Å². The molecule has 0 saturated carbocycles. The first-order valence-corrected chi connectivity index (χ1v) is 14.5. The smallest absolute Gasteiger partial charge is 0.338 e. The first-order valence-electron chi connectivity index (χ1n) is 14.5. The Bertz CT molecular complexity index is 1440. The lowest BCUT2D eigenvalue weighted by molar-refractivity contribution is -0.139. The number of aromatic nitrogens is 2. The van der Waals surface area contributed by atoms with Gasteiger partial charge >= 0.3 is 6.41 Å². The number of imidazole rings is 1. The first kappa shape index (κ1) is 29.3. The van der Waals surface area contributed by atoms with Crippen LogP contribution in [0.1, 0.15) is 78.9 Å². The fourth-order valence-electron chi connectivity index (χ4n) is 5.04. The van der Waals surface area contributed by atoms with E-state index in [1.807, 2.05) is 60.8 Å². The molecule has 4 aromatic rings. The highest BCUT2D eigenvalue weighted by Crippen LogP contribution is 2.42. The van der Waals surface area contributed by atoms with E-state index >= 15 is 0 Å². The quantitative estimate of drug-likeness (QED) is 0.111. The molecular formula is C35H44N3O2+. The van der Waals surface area contributed by atoms with E-state index in [1.54, 1.807) is 0 Å². The molecule has 1 atom stereocenters. The summed E-state index contributed by atoms with van der Waals surface area (Å²) in [6, 6.07) is 24.5. The summed E-state index contributed by atoms with van der Waals surface area (Å²) in [4.78, 5) is 28.2. The zero-order valence-electron chi connectivity index (χ0n) is 25.1. The predicted octanol–water partition coefficient (Wildman–Crippen LogP) is 8.99. The Hall–Kier alpha value is -3.70. The van der Waals surface area contributed by atoms with E-state index < -0.39 is 0 Å². The van der Waals surface area contributed by atoms with Crippen molar-refractivity contribution in [1.29, 1.82) is 0 Å². The molecule has 210 valence electrons. The number of para-hydroxylation sites is 1. The van der Waals surface area contributed by atoms with Crippen LogP contribution >= 0.6 is 0 Å². The van der Waals surface area contributed by atoms with E-state index in [1.165, 1.54) is 5.56 Å². The van der Waals surface area contributed by atoms with Crippen LogP contribution in [0.2, 0.25) is 0 Å². The lowest BCUT2D eigenvalue weighted by Crippen LogP contribution is -2.52. The number of hydroxylamine groups is 2. The van der Waals surface area contributed by atoms with Crippen molar-refractivity contribution in [3.8, 4) is 28.4 Å². The third kappa shape index (κ3) is 5.75. The molecule has 5 heteroatoms. The van der Waals surface area contributed by atoms with Crippen LogP contribution in [-0.4, -0.2) is 22.9 Å². The normalized spacial score (nSPS) is 13.6. The van der Waals surface area contributed by atoms with Gasteiger partial charge in [0.25, 0.3) is 0 Å². The number of quaternary nitrogens is 1. The summed E-state index contributed by atoms with van der Waals surface area (Å²) >= 11 is 0. The maximum absolute atomic E-state index is 13.2.